The van der Waals surface area contributed by atoms with Crippen LogP contribution >= 0.6 is 54.8 Å². The van der Waals surface area contributed by atoms with E-state index in [4.69, 9.17) is 11.6 Å². The summed E-state index contributed by atoms with van der Waals surface area (Å²) in [5, 5.41) is 12.2. The van der Waals surface area contributed by atoms with Gasteiger partial charge in [-0.2, -0.15) is 0 Å². The molecule has 7 heteroatoms. The Balaban J connectivity index is 2.21. The topological polar surface area (TPSA) is 37.8 Å². The molecule has 0 saturated carbocycles. The van der Waals surface area contributed by atoms with Crippen LogP contribution in [0, 0.1) is 0 Å². The molecule has 2 aromatic rings. The minimum atomic E-state index is 0.656. The number of aromatic nitrogens is 2. The fraction of sp³-hybridized carbons (Fsp3) is 0. The van der Waals surface area contributed by atoms with Crippen LogP contribution < -0.4 is 5.32 Å². The average Bonchev–Trinajstić information content (AvgIpc) is 2.58. The molecular formula is C8H4Br2ClN3S. The second kappa shape index (κ2) is 4.78. The van der Waals surface area contributed by atoms with Crippen LogP contribution in [0.5, 0.6) is 0 Å². The third-order valence-electron chi connectivity index (χ3n) is 1.57. The summed E-state index contributed by atoms with van der Waals surface area (Å²) in [6.07, 6.45) is 0. The lowest BCUT2D eigenvalue weighted by Crippen LogP contribution is -1.89. The molecule has 0 amide bonds. The Morgan fingerprint density at radius 3 is 2.67 bits per heavy atom. The molecule has 15 heavy (non-hydrogen) atoms. The van der Waals surface area contributed by atoms with Crippen molar-refractivity contribution in [3.05, 3.63) is 31.6 Å². The van der Waals surface area contributed by atoms with E-state index in [1.165, 1.54) is 11.3 Å². The number of halogens is 3. The smallest absolute Gasteiger partial charge is 0.210 e. The molecule has 0 bridgehead atoms. The first kappa shape index (κ1) is 11.3. The van der Waals surface area contributed by atoms with Crippen LogP contribution in [-0.4, -0.2) is 10.2 Å². The molecule has 78 valence electrons. The van der Waals surface area contributed by atoms with Crippen LogP contribution in [0.4, 0.5) is 10.8 Å². The number of rotatable bonds is 2. The summed E-state index contributed by atoms with van der Waals surface area (Å²) in [5.74, 6) is 0. The van der Waals surface area contributed by atoms with Crippen LogP contribution in [0.15, 0.2) is 26.6 Å². The third-order valence-corrected chi connectivity index (χ3v) is 4.08. The molecule has 1 heterocycles. The van der Waals surface area contributed by atoms with Gasteiger partial charge in [-0.1, -0.05) is 22.9 Å². The van der Waals surface area contributed by atoms with Gasteiger partial charge in [0.25, 0.3) is 0 Å². The van der Waals surface area contributed by atoms with Crippen molar-refractivity contribution in [3.8, 4) is 0 Å². The zero-order chi connectivity index (χ0) is 10.8. The minimum Gasteiger partial charge on any atom is -0.330 e. The summed E-state index contributed by atoms with van der Waals surface area (Å²) in [6, 6.07) is 5.60. The Hall–Kier alpha value is -0.170. The van der Waals surface area contributed by atoms with Gasteiger partial charge in [0.2, 0.25) is 5.13 Å². The number of benzene rings is 1. The zero-order valence-electron chi connectivity index (χ0n) is 7.17. The quantitative estimate of drug-likeness (QED) is 0.849. The van der Waals surface area contributed by atoms with Crippen LogP contribution in [-0.2, 0) is 0 Å². The Kier molecular flexibility index (Phi) is 3.60. The Morgan fingerprint density at radius 2 is 2.07 bits per heavy atom. The summed E-state index contributed by atoms with van der Waals surface area (Å²) >= 11 is 13.9. The van der Waals surface area contributed by atoms with E-state index in [-0.39, 0.29) is 0 Å². The highest BCUT2D eigenvalue weighted by Crippen LogP contribution is 2.29. The lowest BCUT2D eigenvalue weighted by atomic mass is 10.3. The second-order valence-corrected chi connectivity index (χ2v) is 6.13. The molecule has 1 aromatic carbocycles. The van der Waals surface area contributed by atoms with E-state index in [9.17, 15) is 0 Å². The van der Waals surface area contributed by atoms with E-state index in [1.807, 2.05) is 18.2 Å². The maximum Gasteiger partial charge on any atom is 0.210 e. The molecule has 0 aliphatic rings. The molecule has 0 atom stereocenters. The van der Waals surface area contributed by atoms with Crippen LogP contribution in [0.2, 0.25) is 5.02 Å². The highest BCUT2D eigenvalue weighted by molar-refractivity contribution is 9.11. The summed E-state index contributed by atoms with van der Waals surface area (Å²) in [6.45, 7) is 0. The first-order chi connectivity index (χ1) is 7.15. The van der Waals surface area contributed by atoms with Crippen LogP contribution in [0.25, 0.3) is 0 Å². The maximum atomic E-state index is 5.96. The van der Waals surface area contributed by atoms with Crippen molar-refractivity contribution in [3.63, 3.8) is 0 Å². The first-order valence-corrected chi connectivity index (χ1v) is 6.64. The van der Waals surface area contributed by atoms with E-state index < -0.39 is 0 Å². The van der Waals surface area contributed by atoms with E-state index in [0.717, 1.165) is 19.2 Å². The van der Waals surface area contributed by atoms with Gasteiger partial charge in [-0.3, -0.25) is 0 Å². The van der Waals surface area contributed by atoms with E-state index >= 15 is 0 Å². The fourth-order valence-corrected chi connectivity index (χ4v) is 2.41. The molecule has 3 nitrogen and oxygen atoms in total. The molecule has 0 aliphatic carbocycles. The predicted molar refractivity (Wildman–Crippen MR) is 70.0 cm³/mol. The van der Waals surface area contributed by atoms with E-state index in [0.29, 0.717) is 5.02 Å². The lowest BCUT2D eigenvalue weighted by Gasteiger charge is -2.02. The largest absolute Gasteiger partial charge is 0.330 e. The van der Waals surface area contributed by atoms with Crippen molar-refractivity contribution in [1.82, 2.24) is 10.2 Å². The Labute approximate surface area is 112 Å². The van der Waals surface area contributed by atoms with Crippen molar-refractivity contribution in [2.45, 2.75) is 0 Å². The van der Waals surface area contributed by atoms with Gasteiger partial charge in [0.1, 0.15) is 0 Å². The number of nitrogens with zero attached hydrogens (tertiary/aromatic N) is 2. The zero-order valence-corrected chi connectivity index (χ0v) is 11.9. The highest BCUT2D eigenvalue weighted by atomic mass is 79.9. The van der Waals surface area contributed by atoms with Crippen molar-refractivity contribution in [2.24, 2.45) is 0 Å². The van der Waals surface area contributed by atoms with Gasteiger partial charge in [0.15, 0.2) is 3.92 Å². The number of hydrogen-bond acceptors (Lipinski definition) is 4. The molecule has 1 aromatic heterocycles. The molecular weight excluding hydrogens is 365 g/mol. The SMILES string of the molecule is Clc1cc(Nc2nnc(Br)s2)ccc1Br. The monoisotopic (exact) mass is 367 g/mol. The average molecular weight is 369 g/mol. The highest BCUT2D eigenvalue weighted by Gasteiger charge is 2.03. The Morgan fingerprint density at radius 1 is 1.27 bits per heavy atom. The van der Waals surface area contributed by atoms with E-state index in [1.54, 1.807) is 0 Å². The Bertz CT molecular complexity index is 488. The normalized spacial score (nSPS) is 10.3. The van der Waals surface area contributed by atoms with Crippen LogP contribution in [0.3, 0.4) is 0 Å². The standard InChI is InChI=1S/C8H4Br2ClN3S/c9-5-2-1-4(3-6(5)11)12-8-14-13-7(10)15-8/h1-3H,(H,12,14). The minimum absolute atomic E-state index is 0.656. The maximum absolute atomic E-state index is 5.96. The molecule has 0 saturated heterocycles. The summed E-state index contributed by atoms with van der Waals surface area (Å²) in [7, 11) is 0. The molecule has 0 unspecified atom stereocenters. The van der Waals surface area contributed by atoms with Crippen molar-refractivity contribution in [2.75, 3.05) is 5.32 Å². The molecule has 0 fully saturated rings. The number of hydrogen-bond donors (Lipinski definition) is 1. The van der Waals surface area contributed by atoms with Gasteiger partial charge >= 0.3 is 0 Å². The van der Waals surface area contributed by atoms with Gasteiger partial charge in [-0.25, -0.2) is 0 Å². The van der Waals surface area contributed by atoms with Gasteiger partial charge in [0, 0.05) is 10.2 Å². The van der Waals surface area contributed by atoms with Gasteiger partial charge < -0.3 is 5.32 Å². The third kappa shape index (κ3) is 2.90. The summed E-state index contributed by atoms with van der Waals surface area (Å²) in [4.78, 5) is 0. The predicted octanol–water partition coefficient (Wildman–Crippen LogP) is 4.46. The van der Waals surface area contributed by atoms with Gasteiger partial charge in [-0.05, 0) is 50.1 Å². The fourth-order valence-electron chi connectivity index (χ4n) is 0.953. The van der Waals surface area contributed by atoms with Crippen LogP contribution in [0.1, 0.15) is 0 Å². The molecule has 0 radical (unpaired) electrons. The van der Waals surface area contributed by atoms with Crippen molar-refractivity contribution < 1.29 is 0 Å². The molecule has 0 aliphatic heterocycles. The summed E-state index contributed by atoms with van der Waals surface area (Å²) < 4.78 is 1.61. The van der Waals surface area contributed by atoms with Gasteiger partial charge in [-0.15, -0.1) is 10.2 Å². The second-order valence-electron chi connectivity index (χ2n) is 2.61. The number of nitrogens with one attached hydrogen (secondary N) is 1. The molecule has 0 spiro atoms. The van der Waals surface area contributed by atoms with E-state index in [2.05, 4.69) is 47.4 Å². The first-order valence-electron chi connectivity index (χ1n) is 3.86. The van der Waals surface area contributed by atoms with Gasteiger partial charge in [0.05, 0.1) is 5.02 Å². The summed E-state index contributed by atoms with van der Waals surface area (Å²) in [5.41, 5.74) is 0.881. The number of anilines is 2. The van der Waals surface area contributed by atoms with Crippen molar-refractivity contribution in [1.29, 1.82) is 0 Å². The molecule has 2 rings (SSSR count). The molecule has 1 N–H and O–H groups in total. The lowest BCUT2D eigenvalue weighted by molar-refractivity contribution is 1.07. The van der Waals surface area contributed by atoms with Crippen molar-refractivity contribution >= 4 is 65.6 Å².